The Labute approximate surface area is 244 Å². The molecule has 0 saturated heterocycles. The molecule has 262 valence electrons. The summed E-state index contributed by atoms with van der Waals surface area (Å²) in [6, 6.07) is 0. The van der Waals surface area contributed by atoms with Crippen LogP contribution in [0.5, 0.6) is 0 Å². The van der Waals surface area contributed by atoms with E-state index in [2.05, 4.69) is 4.52 Å². The van der Waals surface area contributed by atoms with Crippen molar-refractivity contribution < 1.29 is 123 Å². The summed E-state index contributed by atoms with van der Waals surface area (Å²) in [5.41, 5.74) is 0. The molecule has 44 heavy (non-hydrogen) atoms. The monoisotopic (exact) mass is 700 g/mol. The van der Waals surface area contributed by atoms with Crippen molar-refractivity contribution in [3.8, 4) is 0 Å². The molecule has 0 amide bonds. The fourth-order valence-corrected chi connectivity index (χ4v) is 1.57. The second-order valence-electron chi connectivity index (χ2n) is 7.21. The van der Waals surface area contributed by atoms with Gasteiger partial charge in [-0.15, -0.1) is 0 Å². The predicted molar refractivity (Wildman–Crippen MR) is 131 cm³/mol. The van der Waals surface area contributed by atoms with Gasteiger partial charge < -0.3 is 80.6 Å². The normalized spacial score (nSPS) is 14.0. The first kappa shape index (κ1) is 50.9. The summed E-state index contributed by atoms with van der Waals surface area (Å²) in [5, 5.41) is 92.7. The first-order chi connectivity index (χ1) is 19.4. The van der Waals surface area contributed by atoms with Crippen molar-refractivity contribution >= 4 is 50.9 Å². The highest BCUT2D eigenvalue weighted by atomic mass is 31.2. The van der Waals surface area contributed by atoms with Crippen LogP contribution in [0.1, 0.15) is 20.3 Å². The Morgan fingerprint density at radius 1 is 0.727 bits per heavy atom. The van der Waals surface area contributed by atoms with E-state index in [1.54, 1.807) is 0 Å². The molecule has 0 radical (unpaired) electrons. The SMILES string of the molecule is CC(=O)C(=O)O.CC(=O)C(O)O.O=C(CO)[C@@H](O)[C@H](O)[C@H](O)[C@H](O)COP(=O)(O)O.O=C(O)CC(O)C(=O)O.O=P(O)(O)O. The van der Waals surface area contributed by atoms with E-state index in [1.165, 1.54) is 0 Å². The lowest BCUT2D eigenvalue weighted by Gasteiger charge is -2.25. The van der Waals surface area contributed by atoms with E-state index in [-0.39, 0.29) is 0 Å². The molecule has 25 nitrogen and oxygen atoms in total. The molecule has 0 rings (SSSR count). The molecule has 27 heteroatoms. The molecule has 0 aliphatic carbocycles. The highest BCUT2D eigenvalue weighted by Crippen LogP contribution is 2.35. The molecule has 0 saturated carbocycles. The number of carbonyl (C=O) groups excluding carboxylic acids is 3. The van der Waals surface area contributed by atoms with Crippen LogP contribution in [0.3, 0.4) is 0 Å². The summed E-state index contributed by atoms with van der Waals surface area (Å²) in [5.74, 6) is -6.87. The van der Waals surface area contributed by atoms with E-state index < -0.39 is 107 Å². The van der Waals surface area contributed by atoms with Gasteiger partial charge in [0.25, 0.3) is 0 Å². The molecule has 0 heterocycles. The highest BCUT2D eigenvalue weighted by Gasteiger charge is 2.34. The van der Waals surface area contributed by atoms with E-state index in [0.29, 0.717) is 0 Å². The number of hydrogen-bond acceptors (Lipinski definition) is 17. The van der Waals surface area contributed by atoms with Crippen LogP contribution < -0.4 is 0 Å². The van der Waals surface area contributed by atoms with E-state index in [4.69, 9.17) is 69.9 Å². The van der Waals surface area contributed by atoms with Crippen molar-refractivity contribution in [2.24, 2.45) is 0 Å². The number of phosphoric acid groups is 2. The molecular formula is C17H34O25P2. The number of phosphoric ester groups is 1. The Morgan fingerprint density at radius 3 is 1.25 bits per heavy atom. The minimum absolute atomic E-state index is 0.630. The molecule has 0 aromatic carbocycles. The first-order valence-electron chi connectivity index (χ1n) is 10.5. The van der Waals surface area contributed by atoms with Crippen LogP contribution in [0.4, 0.5) is 0 Å². The molecule has 0 bridgehead atoms. The maximum absolute atomic E-state index is 10.8. The third kappa shape index (κ3) is 41.5. The Hall–Kier alpha value is -2.68. The van der Waals surface area contributed by atoms with Gasteiger partial charge in [-0.3, -0.25) is 23.7 Å². The summed E-state index contributed by atoms with van der Waals surface area (Å²) in [4.78, 5) is 96.9. The van der Waals surface area contributed by atoms with Crippen molar-refractivity contribution in [3.05, 3.63) is 0 Å². The zero-order valence-corrected chi connectivity index (χ0v) is 24.1. The molecule has 0 aromatic heterocycles. The fraction of sp³-hybridized carbons (Fsp3) is 0.647. The highest BCUT2D eigenvalue weighted by molar-refractivity contribution is 7.46. The standard InChI is InChI=1S/C7H15O10P.C4H6O5.C3H6O3.C3H4O3.H3O4P/c8-1-3(9)5(11)7(13)6(12)4(10)2-17-18(14,15)16;5-2(4(8)9)1-3(6)7;2*1-2(4)3(5)6;1-5(2,3)4/h4-8,10-13H,1-2H2,(H2,14,15,16);2,5H,1H2,(H,6,7)(H,8,9);3,5-6H,1H3;1H3,(H,5,6);(H3,1,2,3,4)/t4-,5-,6-,7+;;;;/m1..../s1. The van der Waals surface area contributed by atoms with Crippen molar-refractivity contribution in [1.29, 1.82) is 0 Å². The van der Waals surface area contributed by atoms with E-state index in [9.17, 15) is 48.7 Å². The van der Waals surface area contributed by atoms with E-state index in [0.717, 1.165) is 13.8 Å². The number of carboxylic acid groups (broad SMARTS) is 3. The lowest BCUT2D eigenvalue weighted by molar-refractivity contribution is -0.152. The summed E-state index contributed by atoms with van der Waals surface area (Å²) >= 11 is 0. The number of carbonyl (C=O) groups is 6. The fourth-order valence-electron chi connectivity index (χ4n) is 1.22. The predicted octanol–water partition coefficient (Wildman–Crippen LogP) is -7.38. The quantitative estimate of drug-likeness (QED) is 0.0482. The van der Waals surface area contributed by atoms with E-state index in [1.807, 2.05) is 0 Å². The number of ketones is 3. The Kier molecular flexibility index (Phi) is 29.7. The van der Waals surface area contributed by atoms with Gasteiger partial charge in [-0.1, -0.05) is 0 Å². The Bertz CT molecular complexity index is 963. The van der Waals surface area contributed by atoms with Crippen molar-refractivity contribution in [3.63, 3.8) is 0 Å². The number of hydrogen-bond donors (Lipinski definition) is 16. The molecule has 0 aliphatic rings. The smallest absolute Gasteiger partial charge is 0.469 e. The first-order valence-corrected chi connectivity index (χ1v) is 13.6. The third-order valence-corrected chi connectivity index (χ3v) is 3.77. The largest absolute Gasteiger partial charge is 0.481 e. The summed E-state index contributed by atoms with van der Waals surface area (Å²) in [6.45, 7) is -0.00440. The Morgan fingerprint density at radius 2 is 1.07 bits per heavy atom. The zero-order valence-electron chi connectivity index (χ0n) is 22.3. The molecule has 16 N–H and O–H groups in total. The zero-order chi connectivity index (χ0) is 36.8. The third-order valence-electron chi connectivity index (χ3n) is 3.28. The number of aliphatic carboxylic acids is 3. The van der Waals surface area contributed by atoms with Gasteiger partial charge in [-0.25, -0.2) is 18.7 Å². The molecule has 0 aromatic rings. The lowest BCUT2D eigenvalue weighted by atomic mass is 10.0. The molecular weight excluding hydrogens is 666 g/mol. The van der Waals surface area contributed by atoms with Gasteiger partial charge in [-0.2, -0.15) is 0 Å². The number of Topliss-reactive ketones (excluding diaryl/α,β-unsaturated/α-hetero) is 3. The number of rotatable bonds is 13. The average molecular weight is 700 g/mol. The van der Waals surface area contributed by atoms with Crippen LogP contribution in [0.25, 0.3) is 0 Å². The van der Waals surface area contributed by atoms with Gasteiger partial charge in [0.05, 0.1) is 13.0 Å². The van der Waals surface area contributed by atoms with Crippen molar-refractivity contribution in [1.82, 2.24) is 0 Å². The number of aliphatic hydroxyl groups excluding tert-OH is 7. The lowest BCUT2D eigenvalue weighted by Crippen LogP contribution is -2.49. The minimum atomic E-state index is -4.86. The number of aliphatic hydroxyl groups is 8. The molecule has 0 spiro atoms. The van der Waals surface area contributed by atoms with Crippen LogP contribution in [0.15, 0.2) is 0 Å². The topological polar surface area (TPSA) is 469 Å². The maximum Gasteiger partial charge on any atom is 0.469 e. The number of carboxylic acids is 3. The van der Waals surface area contributed by atoms with E-state index >= 15 is 0 Å². The van der Waals surface area contributed by atoms with Gasteiger partial charge in [0.2, 0.25) is 12.1 Å². The van der Waals surface area contributed by atoms with Crippen molar-refractivity contribution in [2.75, 3.05) is 13.2 Å². The van der Waals surface area contributed by atoms with Crippen LogP contribution >= 0.6 is 15.6 Å². The van der Waals surface area contributed by atoms with Gasteiger partial charge in [0.1, 0.15) is 31.0 Å². The summed E-state index contributed by atoms with van der Waals surface area (Å²) in [7, 11) is -9.50. The maximum atomic E-state index is 10.8. The van der Waals surface area contributed by atoms with Gasteiger partial charge in [0, 0.05) is 6.92 Å². The molecule has 5 atom stereocenters. The van der Waals surface area contributed by atoms with Crippen LogP contribution in [-0.4, -0.2) is 166 Å². The molecule has 0 aliphatic heterocycles. The van der Waals surface area contributed by atoms with Gasteiger partial charge in [-0.05, 0) is 6.92 Å². The molecule has 0 fully saturated rings. The second-order valence-corrected chi connectivity index (χ2v) is 9.48. The minimum Gasteiger partial charge on any atom is -0.481 e. The van der Waals surface area contributed by atoms with Gasteiger partial charge >= 0.3 is 33.6 Å². The summed E-state index contributed by atoms with van der Waals surface area (Å²) in [6.07, 6.45) is -12.7. The van der Waals surface area contributed by atoms with Crippen LogP contribution in [0, 0.1) is 0 Å². The van der Waals surface area contributed by atoms with Gasteiger partial charge in [0.15, 0.2) is 17.7 Å². The van der Waals surface area contributed by atoms with Crippen LogP contribution in [0.2, 0.25) is 0 Å². The average Bonchev–Trinajstić information content (AvgIpc) is 2.84. The Balaban J connectivity index is -0.000000162. The molecule has 1 unspecified atom stereocenters. The summed E-state index contributed by atoms with van der Waals surface area (Å²) < 4.78 is 23.0. The second kappa shape index (κ2) is 25.6. The van der Waals surface area contributed by atoms with Crippen molar-refractivity contribution in [2.45, 2.75) is 57.1 Å². The van der Waals surface area contributed by atoms with Crippen LogP contribution in [-0.2, 0) is 42.4 Å².